The van der Waals surface area contributed by atoms with Gasteiger partial charge in [-0.15, -0.1) is 0 Å². The quantitative estimate of drug-likeness (QED) is 0.0406. The maximum atomic E-state index is 14.4. The van der Waals surface area contributed by atoms with Gasteiger partial charge >= 0.3 is 0 Å². The van der Waals surface area contributed by atoms with Crippen LogP contribution in [0.15, 0.2) is 0 Å². The molecule has 7 unspecified atom stereocenters. The summed E-state index contributed by atoms with van der Waals surface area (Å²) in [5.41, 5.74) is -10.8. The number of hydrogen-bond donors (Lipinski definition) is 13. The van der Waals surface area contributed by atoms with Gasteiger partial charge in [-0.1, -0.05) is 41.5 Å². The highest BCUT2D eigenvalue weighted by Crippen LogP contribution is 2.37. The summed E-state index contributed by atoms with van der Waals surface area (Å²) in [7, 11) is 0. The predicted molar refractivity (Wildman–Crippen MR) is 426 cm³/mol. The van der Waals surface area contributed by atoms with Crippen molar-refractivity contribution in [3.8, 4) is 0 Å². The van der Waals surface area contributed by atoms with E-state index in [1.165, 1.54) is 77.0 Å². The Bertz CT molecular complexity index is 3530. The average Bonchev–Trinajstić information content (AvgIpc) is 1.56. The molecule has 13 N–H and O–H groups in total. The van der Waals surface area contributed by atoms with Crippen molar-refractivity contribution in [2.45, 2.75) is 328 Å². The third-order valence-electron chi connectivity index (χ3n) is 22.2. The molecule has 34 nitrogen and oxygen atoms in total. The van der Waals surface area contributed by atoms with E-state index in [1.54, 1.807) is 27.7 Å². The van der Waals surface area contributed by atoms with Crippen LogP contribution in [0.2, 0.25) is 0 Å². The molecule has 0 spiro atoms. The standard InChI is InChI=1S/C80H136N18O16/c1-48(2)42-52(47-95-38-27-37-94-36-26-31-61(94)95)84-68(109)75(10,11)88-63(104)54(44-50(5)6)85-59(101)45-83-67(108)74(8,9)89-65(106)56-29-22-25-41-98(56)73(114)79(18,19)93-71(112)80(33-34-80)87-60(102)46-82-58(100)32-35-81-62(103)53(43-49(3)4)86-69(110)76(12,13)92-70(111)77(14,15)90-66(107)57-30-21-24-40-97(57)72(113)78(16,17)91-64(105)55-28-20-23-39-96(55)51(7)99/h48-50,52-57,61H,20-47H2,1-19H3,(H,81,103)(H,82,100)(H,83,108)(H,84,109)(H,85,101)(H,86,110)(H,87,102)(H,88,104)(H,89,106)(H,90,107)(H,91,105)(H,92,111)(H,93,112). The van der Waals surface area contributed by atoms with E-state index in [0.717, 1.165) is 58.2 Å². The Labute approximate surface area is 673 Å². The summed E-state index contributed by atoms with van der Waals surface area (Å²) in [4.78, 5) is 229. The summed E-state index contributed by atoms with van der Waals surface area (Å²) in [6.45, 7) is 34.2. The third kappa shape index (κ3) is 26.5. The van der Waals surface area contributed by atoms with Crippen LogP contribution in [-0.2, 0) is 76.7 Å². The van der Waals surface area contributed by atoms with Crippen LogP contribution in [0.4, 0.5) is 0 Å². The zero-order valence-electron chi connectivity index (χ0n) is 71.3. The summed E-state index contributed by atoms with van der Waals surface area (Å²) >= 11 is 0. The van der Waals surface area contributed by atoms with Crippen LogP contribution < -0.4 is 69.1 Å². The van der Waals surface area contributed by atoms with Gasteiger partial charge < -0.3 is 83.8 Å². The fourth-order valence-electron chi connectivity index (χ4n) is 15.6. The lowest BCUT2D eigenvalue weighted by Crippen LogP contribution is -2.67. The zero-order valence-corrected chi connectivity index (χ0v) is 71.3. The minimum Gasteiger partial charge on any atom is -0.354 e. The topological polar surface area (TPSA) is 446 Å². The van der Waals surface area contributed by atoms with Crippen LogP contribution >= 0.6 is 0 Å². The maximum absolute atomic E-state index is 14.4. The number of hydrogen-bond acceptors (Lipinski definition) is 18. The van der Waals surface area contributed by atoms with Gasteiger partial charge in [0.25, 0.3) is 0 Å². The van der Waals surface area contributed by atoms with E-state index in [9.17, 15) is 76.7 Å². The van der Waals surface area contributed by atoms with Gasteiger partial charge in [0.05, 0.1) is 19.3 Å². The van der Waals surface area contributed by atoms with E-state index in [4.69, 9.17) is 0 Å². The molecule has 1 saturated carbocycles. The monoisotopic (exact) mass is 1610 g/mol. The minimum atomic E-state index is -1.66. The Morgan fingerprint density at radius 3 is 1.36 bits per heavy atom. The molecule has 6 fully saturated rings. The number of nitrogens with zero attached hydrogens (tertiary/aromatic N) is 5. The van der Waals surface area contributed by atoms with Crippen molar-refractivity contribution < 1.29 is 76.7 Å². The SMILES string of the molecule is CC(=O)N1CCCCC1C(=O)NC(C)(C)C(=O)N1CCCCC1C(=O)NC(C)(C)C(=O)NC(C)(C)C(=O)NC(CC(C)C)C(=O)NCCC(=O)NCC(=O)NC1(C(=O)NC(C)(C)C(=O)N2CCCCC2C(=O)NC(C)(C)C(=O)NCC(=O)NC(CC(C)C)C(=O)NC(C)(C)C(=O)NC(CC(C)C)CN2CCCN3CCCC32)CC1. The highest BCUT2D eigenvalue weighted by molar-refractivity contribution is 6.03. The van der Waals surface area contributed by atoms with Gasteiger partial charge in [0.2, 0.25) is 94.5 Å². The van der Waals surface area contributed by atoms with Crippen molar-refractivity contribution in [1.82, 2.24) is 93.6 Å². The van der Waals surface area contributed by atoms with Crippen LogP contribution in [0.5, 0.6) is 0 Å². The summed E-state index contributed by atoms with van der Waals surface area (Å²) in [6.07, 6.45) is 9.66. The van der Waals surface area contributed by atoms with E-state index in [0.29, 0.717) is 57.3 Å². The number of amides is 16. The molecular formula is C80H136N18O16. The first-order valence-electron chi connectivity index (χ1n) is 41.3. The fourth-order valence-corrected chi connectivity index (χ4v) is 15.6. The van der Waals surface area contributed by atoms with Gasteiger partial charge in [-0.05, 0) is 217 Å². The van der Waals surface area contributed by atoms with Crippen LogP contribution in [0.25, 0.3) is 0 Å². The number of piperidine rings is 3. The van der Waals surface area contributed by atoms with Gasteiger partial charge in [0.15, 0.2) is 0 Å². The molecular weight excluding hydrogens is 1470 g/mol. The van der Waals surface area contributed by atoms with Crippen molar-refractivity contribution in [2.75, 3.05) is 65.4 Å². The number of likely N-dealkylation sites (tertiary alicyclic amines) is 3. The summed E-state index contributed by atoms with van der Waals surface area (Å²) < 4.78 is 0. The normalized spacial score (nSPS) is 20.5. The van der Waals surface area contributed by atoms with E-state index in [1.807, 2.05) is 27.7 Å². The van der Waals surface area contributed by atoms with Crippen molar-refractivity contribution in [1.29, 1.82) is 0 Å². The molecule has 114 heavy (non-hydrogen) atoms. The predicted octanol–water partition coefficient (Wildman–Crippen LogP) is 0.626. The second-order valence-corrected chi connectivity index (χ2v) is 36.7. The molecule has 7 atom stereocenters. The van der Waals surface area contributed by atoms with Crippen molar-refractivity contribution in [3.05, 3.63) is 0 Å². The van der Waals surface area contributed by atoms with Crippen LogP contribution in [-0.4, -0.2) is 266 Å². The van der Waals surface area contributed by atoms with Gasteiger partial charge in [-0.25, -0.2) is 0 Å². The number of carbonyl (C=O) groups excluding carboxylic acids is 16. The Morgan fingerprint density at radius 2 is 0.842 bits per heavy atom. The van der Waals surface area contributed by atoms with Crippen molar-refractivity contribution >= 4 is 94.5 Å². The highest BCUT2D eigenvalue weighted by Gasteiger charge is 2.54. The Hall–Kier alpha value is -8.56. The molecule has 6 aliphatic rings. The van der Waals surface area contributed by atoms with E-state index >= 15 is 0 Å². The largest absolute Gasteiger partial charge is 0.354 e. The lowest BCUT2D eigenvalue weighted by Gasteiger charge is -2.42. The lowest BCUT2D eigenvalue weighted by molar-refractivity contribution is -0.150. The fraction of sp³-hybridized carbons (Fsp3) is 0.800. The van der Waals surface area contributed by atoms with Gasteiger partial charge in [-0.2, -0.15) is 0 Å². The molecule has 5 saturated heterocycles. The summed E-state index contributed by atoms with van der Waals surface area (Å²) in [5.74, 6) is -9.49. The molecule has 0 aromatic carbocycles. The van der Waals surface area contributed by atoms with E-state index in [-0.39, 0.29) is 94.3 Å². The van der Waals surface area contributed by atoms with E-state index < -0.39 is 165 Å². The first-order chi connectivity index (χ1) is 52.9. The summed E-state index contributed by atoms with van der Waals surface area (Å²) in [5, 5.41) is 35.6. The number of carbonyl (C=O) groups is 16. The zero-order chi connectivity index (χ0) is 85.4. The molecule has 5 heterocycles. The molecule has 642 valence electrons. The Morgan fingerprint density at radius 1 is 0.395 bits per heavy atom. The lowest BCUT2D eigenvalue weighted by atomic mass is 9.93. The molecule has 0 bridgehead atoms. The molecule has 16 amide bonds. The molecule has 0 aromatic rings. The molecule has 1 aliphatic carbocycles. The van der Waals surface area contributed by atoms with Crippen LogP contribution in [0, 0.1) is 17.8 Å². The van der Waals surface area contributed by atoms with Crippen molar-refractivity contribution in [2.24, 2.45) is 17.8 Å². The first kappa shape index (κ1) is 94.3. The Kier molecular flexibility index (Phi) is 33.0. The van der Waals surface area contributed by atoms with Gasteiger partial charge in [0.1, 0.15) is 69.0 Å². The number of rotatable bonds is 37. The second-order valence-electron chi connectivity index (χ2n) is 36.7. The van der Waals surface area contributed by atoms with E-state index in [2.05, 4.69) is 92.8 Å². The van der Waals surface area contributed by atoms with Gasteiger partial charge in [0, 0.05) is 65.2 Å². The van der Waals surface area contributed by atoms with Crippen molar-refractivity contribution in [3.63, 3.8) is 0 Å². The van der Waals surface area contributed by atoms with Crippen LogP contribution in [0.3, 0.4) is 0 Å². The molecule has 5 aliphatic heterocycles. The average molecular weight is 1610 g/mol. The smallest absolute Gasteiger partial charge is 0.248 e. The minimum absolute atomic E-state index is 0.0548. The molecule has 6 rings (SSSR count). The van der Waals surface area contributed by atoms with Gasteiger partial charge in [-0.3, -0.25) is 86.5 Å². The number of fused-ring (bicyclic) bond motifs is 1. The van der Waals surface area contributed by atoms with Crippen LogP contribution in [0.1, 0.15) is 247 Å². The second kappa shape index (κ2) is 39.9. The number of nitrogens with one attached hydrogen (secondary N) is 13. The Balaban J connectivity index is 0.927. The third-order valence-corrected chi connectivity index (χ3v) is 22.2. The highest BCUT2D eigenvalue weighted by atomic mass is 16.2. The molecule has 0 aromatic heterocycles. The maximum Gasteiger partial charge on any atom is 0.248 e. The first-order valence-corrected chi connectivity index (χ1v) is 41.3. The summed E-state index contributed by atoms with van der Waals surface area (Å²) in [6, 6.07) is -5.14. The molecule has 34 heteroatoms. The molecule has 0 radical (unpaired) electrons.